The maximum atomic E-state index is 13.0. The number of nitrogens with zero attached hydrogens (tertiary/aromatic N) is 1. The molecule has 0 radical (unpaired) electrons. The van der Waals surface area contributed by atoms with E-state index in [0.717, 1.165) is 31.5 Å². The number of nitrogens with two attached hydrogens (primary N) is 1. The van der Waals surface area contributed by atoms with Gasteiger partial charge in [0.05, 0.1) is 0 Å². The van der Waals surface area contributed by atoms with Gasteiger partial charge in [-0.1, -0.05) is 6.07 Å². The van der Waals surface area contributed by atoms with Gasteiger partial charge in [-0.2, -0.15) is 0 Å². The minimum Gasteiger partial charge on any atom is -0.328 e. The fourth-order valence-corrected chi connectivity index (χ4v) is 2.01. The number of benzene rings is 1. The molecule has 2 rings (SSSR count). The van der Waals surface area contributed by atoms with Crippen LogP contribution in [0.4, 0.5) is 8.78 Å². The summed E-state index contributed by atoms with van der Waals surface area (Å²) in [4.78, 5) is 2.22. The molecule has 0 amide bonds. The zero-order chi connectivity index (χ0) is 11.5. The van der Waals surface area contributed by atoms with E-state index in [2.05, 4.69) is 4.90 Å². The van der Waals surface area contributed by atoms with Gasteiger partial charge in [0.25, 0.3) is 0 Å². The van der Waals surface area contributed by atoms with Crippen molar-refractivity contribution in [1.82, 2.24) is 4.90 Å². The Balaban J connectivity index is 1.96. The highest BCUT2D eigenvalue weighted by Crippen LogP contribution is 2.14. The number of hydrogen-bond donors (Lipinski definition) is 1. The maximum absolute atomic E-state index is 13.0. The van der Waals surface area contributed by atoms with E-state index >= 15 is 0 Å². The molecule has 0 aromatic heterocycles. The van der Waals surface area contributed by atoms with Gasteiger partial charge in [0.2, 0.25) is 0 Å². The van der Waals surface area contributed by atoms with Crippen molar-refractivity contribution in [1.29, 1.82) is 0 Å². The lowest BCUT2D eigenvalue weighted by molar-refractivity contribution is 0.205. The second-order valence-electron chi connectivity index (χ2n) is 4.36. The lowest BCUT2D eigenvalue weighted by Crippen LogP contribution is -2.39. The van der Waals surface area contributed by atoms with Gasteiger partial charge in [0, 0.05) is 12.6 Å². The van der Waals surface area contributed by atoms with Crippen LogP contribution in [0.3, 0.4) is 0 Å². The molecule has 1 aromatic rings. The van der Waals surface area contributed by atoms with E-state index in [1.165, 1.54) is 12.1 Å². The highest BCUT2D eigenvalue weighted by molar-refractivity contribution is 5.17. The summed E-state index contributed by atoms with van der Waals surface area (Å²) in [5.74, 6) is -1.56. The molecule has 1 fully saturated rings. The van der Waals surface area contributed by atoms with E-state index in [1.807, 2.05) is 0 Å². The van der Waals surface area contributed by atoms with E-state index in [9.17, 15) is 8.78 Å². The zero-order valence-electron chi connectivity index (χ0n) is 9.13. The Labute approximate surface area is 94.0 Å². The highest BCUT2D eigenvalue weighted by atomic mass is 19.2. The molecule has 0 atom stereocenters. The lowest BCUT2D eigenvalue weighted by atomic mass is 10.1. The van der Waals surface area contributed by atoms with Gasteiger partial charge < -0.3 is 5.73 Å². The summed E-state index contributed by atoms with van der Waals surface area (Å²) in [6.07, 6.45) is 1.95. The number of piperidine rings is 1. The van der Waals surface area contributed by atoms with Crippen molar-refractivity contribution in [2.45, 2.75) is 25.4 Å². The maximum Gasteiger partial charge on any atom is 0.159 e. The van der Waals surface area contributed by atoms with Crippen molar-refractivity contribution in [2.75, 3.05) is 13.1 Å². The molecular weight excluding hydrogens is 210 g/mol. The Morgan fingerprint density at radius 2 is 1.88 bits per heavy atom. The third kappa shape index (κ3) is 2.77. The predicted octanol–water partition coefficient (Wildman–Crippen LogP) is 1.89. The summed E-state index contributed by atoms with van der Waals surface area (Å²) in [5, 5.41) is 0. The Hall–Kier alpha value is -1.00. The first-order chi connectivity index (χ1) is 7.65. The monoisotopic (exact) mass is 226 g/mol. The van der Waals surface area contributed by atoms with Crippen LogP contribution in [-0.2, 0) is 6.54 Å². The summed E-state index contributed by atoms with van der Waals surface area (Å²) in [6, 6.07) is 4.37. The first-order valence-corrected chi connectivity index (χ1v) is 5.57. The first-order valence-electron chi connectivity index (χ1n) is 5.57. The van der Waals surface area contributed by atoms with Crippen molar-refractivity contribution in [3.05, 3.63) is 35.4 Å². The predicted molar refractivity (Wildman–Crippen MR) is 58.8 cm³/mol. The first kappa shape index (κ1) is 11.5. The second kappa shape index (κ2) is 4.89. The molecule has 2 nitrogen and oxygen atoms in total. The molecule has 1 aliphatic rings. The van der Waals surface area contributed by atoms with Gasteiger partial charge in [0.15, 0.2) is 11.6 Å². The fourth-order valence-electron chi connectivity index (χ4n) is 2.01. The number of likely N-dealkylation sites (tertiary alicyclic amines) is 1. The molecular formula is C12H16F2N2. The fraction of sp³-hybridized carbons (Fsp3) is 0.500. The van der Waals surface area contributed by atoms with E-state index in [-0.39, 0.29) is 0 Å². The smallest absolute Gasteiger partial charge is 0.159 e. The standard InChI is InChI=1S/C12H16F2N2/c13-11-2-1-9(7-12(11)14)8-16-5-3-10(15)4-6-16/h1-2,7,10H,3-6,8,15H2. The molecule has 0 bridgehead atoms. The molecule has 1 saturated heterocycles. The van der Waals surface area contributed by atoms with Crippen molar-refractivity contribution in [3.8, 4) is 0 Å². The van der Waals surface area contributed by atoms with Crippen LogP contribution in [-0.4, -0.2) is 24.0 Å². The van der Waals surface area contributed by atoms with Crippen LogP contribution in [0.25, 0.3) is 0 Å². The van der Waals surface area contributed by atoms with Crippen molar-refractivity contribution < 1.29 is 8.78 Å². The summed E-state index contributed by atoms with van der Waals surface area (Å²) in [6.45, 7) is 2.53. The summed E-state index contributed by atoms with van der Waals surface area (Å²) in [5.41, 5.74) is 6.61. The number of rotatable bonds is 2. The van der Waals surface area contributed by atoms with Crippen LogP contribution in [0.1, 0.15) is 18.4 Å². The molecule has 16 heavy (non-hydrogen) atoms. The number of hydrogen-bond acceptors (Lipinski definition) is 2. The van der Waals surface area contributed by atoms with E-state index < -0.39 is 11.6 Å². The molecule has 0 unspecified atom stereocenters. The Kier molecular flexibility index (Phi) is 3.51. The molecule has 1 heterocycles. The van der Waals surface area contributed by atoms with Crippen LogP contribution in [0.2, 0.25) is 0 Å². The van der Waals surface area contributed by atoms with Gasteiger partial charge in [-0.3, -0.25) is 4.90 Å². The molecule has 4 heteroatoms. The van der Waals surface area contributed by atoms with Crippen molar-refractivity contribution in [3.63, 3.8) is 0 Å². The Morgan fingerprint density at radius 3 is 2.50 bits per heavy atom. The normalized spacial score (nSPS) is 18.9. The average Bonchev–Trinajstić information content (AvgIpc) is 2.27. The summed E-state index contributed by atoms with van der Waals surface area (Å²) >= 11 is 0. The van der Waals surface area contributed by atoms with Crippen molar-refractivity contribution in [2.24, 2.45) is 5.73 Å². The van der Waals surface area contributed by atoms with Gasteiger partial charge in [0.1, 0.15) is 0 Å². The molecule has 2 N–H and O–H groups in total. The van der Waals surface area contributed by atoms with Crippen molar-refractivity contribution >= 4 is 0 Å². The van der Waals surface area contributed by atoms with E-state index in [0.29, 0.717) is 12.6 Å². The second-order valence-corrected chi connectivity index (χ2v) is 4.36. The van der Waals surface area contributed by atoms with Crippen LogP contribution >= 0.6 is 0 Å². The summed E-state index contributed by atoms with van der Waals surface area (Å²) in [7, 11) is 0. The highest BCUT2D eigenvalue weighted by Gasteiger charge is 2.16. The SMILES string of the molecule is NC1CCN(Cc2ccc(F)c(F)c2)CC1. The van der Waals surface area contributed by atoms with Gasteiger partial charge in [-0.15, -0.1) is 0 Å². The topological polar surface area (TPSA) is 29.3 Å². The van der Waals surface area contributed by atoms with Gasteiger partial charge in [-0.25, -0.2) is 8.78 Å². The molecule has 0 aliphatic carbocycles. The number of halogens is 2. The molecule has 1 aromatic carbocycles. The minimum absolute atomic E-state index is 0.293. The third-order valence-electron chi connectivity index (χ3n) is 3.02. The van der Waals surface area contributed by atoms with Crippen LogP contribution in [0.5, 0.6) is 0 Å². The van der Waals surface area contributed by atoms with Gasteiger partial charge >= 0.3 is 0 Å². The quantitative estimate of drug-likeness (QED) is 0.834. The molecule has 88 valence electrons. The zero-order valence-corrected chi connectivity index (χ0v) is 9.13. The molecule has 1 aliphatic heterocycles. The largest absolute Gasteiger partial charge is 0.328 e. The van der Waals surface area contributed by atoms with Crippen LogP contribution in [0.15, 0.2) is 18.2 Å². The Bertz CT molecular complexity index is 360. The van der Waals surface area contributed by atoms with Crippen LogP contribution < -0.4 is 5.73 Å². The van der Waals surface area contributed by atoms with E-state index in [1.54, 1.807) is 6.07 Å². The van der Waals surface area contributed by atoms with E-state index in [4.69, 9.17) is 5.73 Å². The average molecular weight is 226 g/mol. The Morgan fingerprint density at radius 1 is 1.19 bits per heavy atom. The lowest BCUT2D eigenvalue weighted by Gasteiger charge is -2.30. The minimum atomic E-state index is -0.788. The third-order valence-corrected chi connectivity index (χ3v) is 3.02. The molecule has 0 saturated carbocycles. The van der Waals surface area contributed by atoms with Gasteiger partial charge in [-0.05, 0) is 43.6 Å². The molecule has 0 spiro atoms. The summed E-state index contributed by atoms with van der Waals surface area (Å²) < 4.78 is 25.7. The van der Waals surface area contributed by atoms with Crippen LogP contribution in [0, 0.1) is 11.6 Å².